The molecule has 1 heterocycles. The number of morpholine rings is 1. The van der Waals surface area contributed by atoms with Crippen molar-refractivity contribution in [3.05, 3.63) is 0 Å². The van der Waals surface area contributed by atoms with Crippen LogP contribution in [0.5, 0.6) is 0 Å². The van der Waals surface area contributed by atoms with E-state index in [1.54, 1.807) is 0 Å². The van der Waals surface area contributed by atoms with Crippen LogP contribution in [0, 0.1) is 5.92 Å². The molecule has 0 aromatic rings. The van der Waals surface area contributed by atoms with Crippen molar-refractivity contribution in [3.8, 4) is 0 Å². The third-order valence-corrected chi connectivity index (χ3v) is 5.47. The maximum absolute atomic E-state index is 12.4. The highest BCUT2D eigenvalue weighted by Crippen LogP contribution is 2.38. The van der Waals surface area contributed by atoms with E-state index < -0.39 is 0 Å². The summed E-state index contributed by atoms with van der Waals surface area (Å²) < 4.78 is 5.46. The van der Waals surface area contributed by atoms with Crippen LogP contribution in [-0.2, 0) is 9.53 Å². The highest BCUT2D eigenvalue weighted by atomic mass is 35.5. The highest BCUT2D eigenvalue weighted by Gasteiger charge is 2.41. The van der Waals surface area contributed by atoms with Crippen LogP contribution in [-0.4, -0.2) is 55.2 Å². The third kappa shape index (κ3) is 5.46. The molecule has 5 nitrogen and oxygen atoms in total. The van der Waals surface area contributed by atoms with Gasteiger partial charge in [0.2, 0.25) is 5.91 Å². The Labute approximate surface area is 151 Å². The van der Waals surface area contributed by atoms with E-state index in [1.807, 2.05) is 0 Å². The van der Waals surface area contributed by atoms with Crippen LogP contribution in [0.25, 0.3) is 0 Å². The summed E-state index contributed by atoms with van der Waals surface area (Å²) in [6, 6.07) is 0.150. The van der Waals surface area contributed by atoms with Gasteiger partial charge in [-0.05, 0) is 31.6 Å². The summed E-state index contributed by atoms with van der Waals surface area (Å²) in [5.41, 5.74) is 6.15. The van der Waals surface area contributed by atoms with Crippen molar-refractivity contribution in [2.45, 2.75) is 56.5 Å². The minimum absolute atomic E-state index is 0. The molecular weight excluding hydrogens is 337 g/mol. The normalized spacial score (nSPS) is 25.1. The zero-order valence-corrected chi connectivity index (χ0v) is 15.4. The topological polar surface area (TPSA) is 67.6 Å². The SMILES string of the molecule is Cl.Cl.NC(CNC(=O)CC1(N2CCOCC2)CCCC1)C1CC1. The quantitative estimate of drug-likeness (QED) is 0.749. The van der Waals surface area contributed by atoms with E-state index in [-0.39, 0.29) is 42.3 Å². The fourth-order valence-corrected chi connectivity index (χ4v) is 3.96. The van der Waals surface area contributed by atoms with Crippen molar-refractivity contribution in [2.24, 2.45) is 11.7 Å². The molecule has 0 spiro atoms. The number of rotatable bonds is 6. The molecule has 3 N–H and O–H groups in total. The van der Waals surface area contributed by atoms with Gasteiger partial charge in [0.15, 0.2) is 0 Å². The van der Waals surface area contributed by atoms with E-state index in [9.17, 15) is 4.79 Å². The van der Waals surface area contributed by atoms with Crippen LogP contribution < -0.4 is 11.1 Å². The smallest absolute Gasteiger partial charge is 0.221 e. The van der Waals surface area contributed by atoms with Gasteiger partial charge in [0.25, 0.3) is 0 Å². The lowest BCUT2D eigenvalue weighted by atomic mass is 9.90. The standard InChI is InChI=1S/C16H29N3O2.2ClH/c17-14(13-3-4-13)12-18-15(20)11-16(5-1-2-6-16)19-7-9-21-10-8-19;;/h13-14H,1-12,17H2,(H,18,20);2*1H. The lowest BCUT2D eigenvalue weighted by Gasteiger charge is -2.43. The maximum Gasteiger partial charge on any atom is 0.221 e. The predicted octanol–water partition coefficient (Wildman–Crippen LogP) is 1.72. The van der Waals surface area contributed by atoms with Gasteiger partial charge >= 0.3 is 0 Å². The minimum Gasteiger partial charge on any atom is -0.379 e. The molecule has 0 aromatic heterocycles. The minimum atomic E-state index is 0. The largest absolute Gasteiger partial charge is 0.379 e. The number of nitrogens with zero attached hydrogens (tertiary/aromatic N) is 1. The average molecular weight is 368 g/mol. The van der Waals surface area contributed by atoms with E-state index >= 15 is 0 Å². The Kier molecular flexibility index (Phi) is 8.59. The van der Waals surface area contributed by atoms with Crippen LogP contribution in [0.4, 0.5) is 0 Å². The number of nitrogens with one attached hydrogen (secondary N) is 1. The fourth-order valence-electron chi connectivity index (χ4n) is 3.96. The van der Waals surface area contributed by atoms with Crippen molar-refractivity contribution in [3.63, 3.8) is 0 Å². The molecule has 0 bridgehead atoms. The summed E-state index contributed by atoms with van der Waals surface area (Å²) >= 11 is 0. The summed E-state index contributed by atoms with van der Waals surface area (Å²) in [7, 11) is 0. The Morgan fingerprint density at radius 2 is 1.83 bits per heavy atom. The fraction of sp³-hybridized carbons (Fsp3) is 0.938. The molecule has 23 heavy (non-hydrogen) atoms. The van der Waals surface area contributed by atoms with Crippen LogP contribution in [0.15, 0.2) is 0 Å². The van der Waals surface area contributed by atoms with E-state index in [2.05, 4.69) is 10.2 Å². The molecule has 0 aromatic carbocycles. The van der Waals surface area contributed by atoms with Gasteiger partial charge in [-0.1, -0.05) is 12.8 Å². The lowest BCUT2D eigenvalue weighted by molar-refractivity contribution is -0.125. The number of nitrogens with two attached hydrogens (primary N) is 1. The number of hydrogen-bond donors (Lipinski definition) is 2. The molecule has 2 saturated carbocycles. The van der Waals surface area contributed by atoms with E-state index in [1.165, 1.54) is 25.7 Å². The number of hydrogen-bond acceptors (Lipinski definition) is 4. The number of carbonyl (C=O) groups is 1. The van der Waals surface area contributed by atoms with Crippen LogP contribution in [0.3, 0.4) is 0 Å². The summed E-state index contributed by atoms with van der Waals surface area (Å²) in [4.78, 5) is 14.9. The zero-order valence-electron chi connectivity index (χ0n) is 13.8. The molecule has 3 aliphatic rings. The molecule has 7 heteroatoms. The second kappa shape index (κ2) is 9.42. The summed E-state index contributed by atoms with van der Waals surface area (Å²) in [6.45, 7) is 4.18. The summed E-state index contributed by atoms with van der Waals surface area (Å²) in [5.74, 6) is 0.824. The Morgan fingerprint density at radius 1 is 1.22 bits per heavy atom. The number of halogens is 2. The molecule has 3 rings (SSSR count). The Hall–Kier alpha value is -0.0700. The van der Waals surface area contributed by atoms with Gasteiger partial charge in [0, 0.05) is 37.6 Å². The van der Waals surface area contributed by atoms with Crippen LogP contribution >= 0.6 is 24.8 Å². The second-order valence-corrected chi connectivity index (χ2v) is 7.01. The maximum atomic E-state index is 12.4. The number of carbonyl (C=O) groups excluding carboxylic acids is 1. The lowest BCUT2D eigenvalue weighted by Crippen LogP contribution is -2.54. The Balaban J connectivity index is 0.00000132. The first-order valence-corrected chi connectivity index (χ1v) is 8.55. The number of amides is 1. The van der Waals surface area contributed by atoms with Gasteiger partial charge < -0.3 is 15.8 Å². The van der Waals surface area contributed by atoms with Crippen molar-refractivity contribution in [2.75, 3.05) is 32.8 Å². The molecule has 2 aliphatic carbocycles. The zero-order chi connectivity index (χ0) is 14.7. The monoisotopic (exact) mass is 367 g/mol. The van der Waals surface area contributed by atoms with Gasteiger partial charge in [0.1, 0.15) is 0 Å². The van der Waals surface area contributed by atoms with Crippen LogP contribution in [0.2, 0.25) is 0 Å². The van der Waals surface area contributed by atoms with Gasteiger partial charge in [-0.2, -0.15) is 0 Å². The van der Waals surface area contributed by atoms with Crippen LogP contribution in [0.1, 0.15) is 44.9 Å². The Morgan fingerprint density at radius 3 is 2.39 bits per heavy atom. The Bertz CT molecular complexity index is 368. The van der Waals surface area contributed by atoms with Gasteiger partial charge in [-0.25, -0.2) is 0 Å². The first-order valence-electron chi connectivity index (χ1n) is 8.55. The molecule has 136 valence electrons. The van der Waals surface area contributed by atoms with Gasteiger partial charge in [-0.15, -0.1) is 24.8 Å². The molecule has 1 saturated heterocycles. The molecule has 1 aliphatic heterocycles. The van der Waals surface area contributed by atoms with Crippen molar-refractivity contribution < 1.29 is 9.53 Å². The molecule has 1 amide bonds. The first-order chi connectivity index (χ1) is 10.2. The third-order valence-electron chi connectivity index (χ3n) is 5.47. The molecule has 1 unspecified atom stereocenters. The highest BCUT2D eigenvalue weighted by molar-refractivity contribution is 5.85. The van der Waals surface area contributed by atoms with E-state index in [4.69, 9.17) is 10.5 Å². The molecule has 3 fully saturated rings. The van der Waals surface area contributed by atoms with E-state index in [0.717, 1.165) is 39.1 Å². The van der Waals surface area contributed by atoms with Crippen molar-refractivity contribution in [1.29, 1.82) is 0 Å². The molecule has 1 atom stereocenters. The molecule has 0 radical (unpaired) electrons. The van der Waals surface area contributed by atoms with Gasteiger partial charge in [-0.3, -0.25) is 9.69 Å². The first kappa shape index (κ1) is 21.0. The van der Waals surface area contributed by atoms with E-state index in [0.29, 0.717) is 18.9 Å². The van der Waals surface area contributed by atoms with Crippen molar-refractivity contribution in [1.82, 2.24) is 10.2 Å². The predicted molar refractivity (Wildman–Crippen MR) is 96.4 cm³/mol. The second-order valence-electron chi connectivity index (χ2n) is 7.01. The summed E-state index contributed by atoms with van der Waals surface area (Å²) in [5, 5.41) is 3.07. The average Bonchev–Trinajstić information content (AvgIpc) is 3.26. The summed E-state index contributed by atoms with van der Waals surface area (Å²) in [6.07, 6.45) is 7.87. The van der Waals surface area contributed by atoms with Crippen molar-refractivity contribution >= 4 is 30.7 Å². The van der Waals surface area contributed by atoms with Gasteiger partial charge in [0.05, 0.1) is 13.2 Å². The molecular formula is C16H31Cl2N3O2. The number of ether oxygens (including phenoxy) is 1.